The fraction of sp³-hybridized carbons (Fsp3) is 0.364. The van der Waals surface area contributed by atoms with Gasteiger partial charge in [-0.15, -0.1) is 0 Å². The molecule has 0 aliphatic carbocycles. The summed E-state index contributed by atoms with van der Waals surface area (Å²) in [7, 11) is 1.48. The summed E-state index contributed by atoms with van der Waals surface area (Å²) in [5.41, 5.74) is 2.38. The van der Waals surface area contributed by atoms with Crippen molar-refractivity contribution in [2.75, 3.05) is 20.3 Å². The first-order chi connectivity index (χ1) is 8.26. The van der Waals surface area contributed by atoms with E-state index in [1.54, 1.807) is 12.1 Å². The Morgan fingerprint density at radius 2 is 2.00 bits per heavy atom. The molecule has 3 N–H and O–H groups in total. The highest BCUT2D eigenvalue weighted by atomic mass is 16.5. The van der Waals surface area contributed by atoms with Crippen LogP contribution in [0.4, 0.5) is 0 Å². The van der Waals surface area contributed by atoms with Crippen molar-refractivity contribution < 1.29 is 19.0 Å². The second kappa shape index (κ2) is 4.92. The molecular weight excluding hydrogens is 224 g/mol. The van der Waals surface area contributed by atoms with E-state index < -0.39 is 5.91 Å². The number of methoxy groups -OCH3 is 1. The highest BCUT2D eigenvalue weighted by Gasteiger charge is 2.19. The van der Waals surface area contributed by atoms with Gasteiger partial charge in [0.05, 0.1) is 25.9 Å². The second-order valence-electron chi connectivity index (χ2n) is 3.52. The van der Waals surface area contributed by atoms with E-state index in [0.29, 0.717) is 36.0 Å². The Kier molecular flexibility index (Phi) is 3.34. The average molecular weight is 238 g/mol. The Labute approximate surface area is 98.6 Å². The van der Waals surface area contributed by atoms with Crippen molar-refractivity contribution in [1.82, 2.24) is 5.43 Å². The van der Waals surface area contributed by atoms with Gasteiger partial charge in [0.25, 0.3) is 5.91 Å². The largest absolute Gasteiger partial charge is 0.496 e. The van der Waals surface area contributed by atoms with Crippen LogP contribution in [0, 0.1) is 0 Å². The lowest BCUT2D eigenvalue weighted by molar-refractivity contribution is 0.0950. The molecule has 0 aromatic heterocycles. The summed E-state index contributed by atoms with van der Waals surface area (Å²) < 4.78 is 16.1. The summed E-state index contributed by atoms with van der Waals surface area (Å²) in [6, 6.07) is 3.20. The lowest BCUT2D eigenvalue weighted by atomic mass is 10.1. The standard InChI is InChI=1S/C11H14N2O4/c1-15-8-6-10-9(16-3-2-4-17-10)5-7(8)11(14)13-12/h5-6H,2-4,12H2,1H3,(H,13,14). The molecule has 1 amide bonds. The van der Waals surface area contributed by atoms with Gasteiger partial charge in [0, 0.05) is 18.6 Å². The van der Waals surface area contributed by atoms with Gasteiger partial charge in [-0.2, -0.15) is 0 Å². The topological polar surface area (TPSA) is 82.8 Å². The van der Waals surface area contributed by atoms with Crippen molar-refractivity contribution in [3.63, 3.8) is 0 Å². The molecule has 17 heavy (non-hydrogen) atoms. The molecule has 0 saturated carbocycles. The van der Waals surface area contributed by atoms with Crippen LogP contribution in [0.25, 0.3) is 0 Å². The molecular formula is C11H14N2O4. The van der Waals surface area contributed by atoms with Crippen molar-refractivity contribution >= 4 is 5.91 Å². The van der Waals surface area contributed by atoms with E-state index in [1.165, 1.54) is 7.11 Å². The fourth-order valence-corrected chi connectivity index (χ4v) is 1.61. The molecule has 92 valence electrons. The van der Waals surface area contributed by atoms with Gasteiger partial charge in [0.1, 0.15) is 5.75 Å². The van der Waals surface area contributed by atoms with Gasteiger partial charge in [-0.1, -0.05) is 0 Å². The Morgan fingerprint density at radius 3 is 2.59 bits per heavy atom. The summed E-state index contributed by atoms with van der Waals surface area (Å²) in [6.07, 6.45) is 0.801. The van der Waals surface area contributed by atoms with E-state index in [-0.39, 0.29) is 0 Å². The zero-order chi connectivity index (χ0) is 12.3. The summed E-state index contributed by atoms with van der Waals surface area (Å²) in [4.78, 5) is 11.6. The number of nitrogens with one attached hydrogen (secondary N) is 1. The number of nitrogens with two attached hydrogens (primary N) is 1. The molecule has 6 heteroatoms. The van der Waals surface area contributed by atoms with Crippen molar-refractivity contribution in [2.45, 2.75) is 6.42 Å². The highest BCUT2D eigenvalue weighted by Crippen LogP contribution is 2.36. The van der Waals surface area contributed by atoms with E-state index in [2.05, 4.69) is 5.43 Å². The van der Waals surface area contributed by atoms with Crippen molar-refractivity contribution in [3.8, 4) is 17.2 Å². The molecule has 0 fully saturated rings. The summed E-state index contributed by atoms with van der Waals surface area (Å²) in [6.45, 7) is 1.14. The number of rotatable bonds is 2. The Morgan fingerprint density at radius 1 is 1.35 bits per heavy atom. The van der Waals surface area contributed by atoms with Crippen LogP contribution in [0.15, 0.2) is 12.1 Å². The number of benzene rings is 1. The minimum Gasteiger partial charge on any atom is -0.496 e. The maximum Gasteiger partial charge on any atom is 0.269 e. The van der Waals surface area contributed by atoms with Gasteiger partial charge in [-0.3, -0.25) is 10.2 Å². The smallest absolute Gasteiger partial charge is 0.269 e. The van der Waals surface area contributed by atoms with Crippen LogP contribution in [0.5, 0.6) is 17.2 Å². The van der Waals surface area contributed by atoms with Gasteiger partial charge < -0.3 is 14.2 Å². The molecule has 1 aliphatic heterocycles. The van der Waals surface area contributed by atoms with Crippen molar-refractivity contribution in [2.24, 2.45) is 5.84 Å². The maximum absolute atomic E-state index is 11.6. The lowest BCUT2D eigenvalue weighted by Gasteiger charge is -2.12. The first-order valence-corrected chi connectivity index (χ1v) is 5.25. The van der Waals surface area contributed by atoms with E-state index in [9.17, 15) is 4.79 Å². The number of hydrogen-bond donors (Lipinski definition) is 2. The zero-order valence-corrected chi connectivity index (χ0v) is 9.49. The van der Waals surface area contributed by atoms with E-state index in [4.69, 9.17) is 20.1 Å². The monoisotopic (exact) mass is 238 g/mol. The van der Waals surface area contributed by atoms with Crippen molar-refractivity contribution in [1.29, 1.82) is 0 Å². The van der Waals surface area contributed by atoms with Crippen LogP contribution in [0.2, 0.25) is 0 Å². The van der Waals surface area contributed by atoms with Crippen LogP contribution >= 0.6 is 0 Å². The number of amides is 1. The predicted octanol–water partition coefficient (Wildman–Crippen LogP) is 0.460. The normalized spacial score (nSPS) is 13.8. The first kappa shape index (κ1) is 11.5. The highest BCUT2D eigenvalue weighted by molar-refractivity contribution is 5.97. The van der Waals surface area contributed by atoms with E-state index >= 15 is 0 Å². The number of carbonyl (C=O) groups excluding carboxylic acids is 1. The molecule has 1 aromatic rings. The predicted molar refractivity (Wildman–Crippen MR) is 60.3 cm³/mol. The third-order valence-corrected chi connectivity index (χ3v) is 2.45. The SMILES string of the molecule is COc1cc2c(cc1C(=O)NN)OCCCO2. The lowest BCUT2D eigenvalue weighted by Crippen LogP contribution is -2.30. The first-order valence-electron chi connectivity index (χ1n) is 5.25. The fourth-order valence-electron chi connectivity index (χ4n) is 1.61. The van der Waals surface area contributed by atoms with Crippen LogP contribution in [-0.2, 0) is 0 Å². The van der Waals surface area contributed by atoms with Gasteiger partial charge in [-0.25, -0.2) is 5.84 Å². The molecule has 1 aliphatic rings. The van der Waals surface area contributed by atoms with E-state index in [0.717, 1.165) is 6.42 Å². The molecule has 1 aromatic carbocycles. The number of nitrogen functional groups attached to an aromatic ring is 1. The van der Waals surface area contributed by atoms with Gasteiger partial charge in [-0.05, 0) is 0 Å². The molecule has 0 saturated heterocycles. The van der Waals surface area contributed by atoms with E-state index in [1.807, 2.05) is 0 Å². The average Bonchev–Trinajstić information content (AvgIpc) is 2.60. The van der Waals surface area contributed by atoms with Gasteiger partial charge in [0.15, 0.2) is 11.5 Å². The summed E-state index contributed by atoms with van der Waals surface area (Å²) in [5.74, 6) is 6.18. The molecule has 6 nitrogen and oxygen atoms in total. The zero-order valence-electron chi connectivity index (χ0n) is 9.49. The number of fused-ring (bicyclic) bond motifs is 1. The van der Waals surface area contributed by atoms with Crippen LogP contribution in [-0.4, -0.2) is 26.2 Å². The Hall–Kier alpha value is -1.95. The maximum atomic E-state index is 11.6. The quantitative estimate of drug-likeness (QED) is 0.444. The molecule has 0 unspecified atom stereocenters. The van der Waals surface area contributed by atoms with Gasteiger partial charge in [0.2, 0.25) is 0 Å². The number of hydrogen-bond acceptors (Lipinski definition) is 5. The summed E-state index contributed by atoms with van der Waals surface area (Å²) in [5, 5.41) is 0. The third-order valence-electron chi connectivity index (χ3n) is 2.45. The van der Waals surface area contributed by atoms with Gasteiger partial charge >= 0.3 is 0 Å². The van der Waals surface area contributed by atoms with Crippen molar-refractivity contribution in [3.05, 3.63) is 17.7 Å². The second-order valence-corrected chi connectivity index (χ2v) is 3.52. The Balaban J connectivity index is 2.45. The number of ether oxygens (including phenoxy) is 3. The molecule has 0 atom stereocenters. The van der Waals surface area contributed by atoms with Crippen LogP contribution < -0.4 is 25.5 Å². The minimum atomic E-state index is -0.433. The minimum absolute atomic E-state index is 0.319. The molecule has 0 radical (unpaired) electrons. The third kappa shape index (κ3) is 2.26. The van der Waals surface area contributed by atoms with Crippen LogP contribution in [0.1, 0.15) is 16.8 Å². The molecule has 1 heterocycles. The number of hydrazine groups is 1. The molecule has 2 rings (SSSR count). The number of carbonyl (C=O) groups is 1. The van der Waals surface area contributed by atoms with Crippen LogP contribution in [0.3, 0.4) is 0 Å². The summed E-state index contributed by atoms with van der Waals surface area (Å²) >= 11 is 0. The Bertz CT molecular complexity index is 434. The molecule has 0 spiro atoms. The molecule has 0 bridgehead atoms.